The van der Waals surface area contributed by atoms with Gasteiger partial charge in [-0.3, -0.25) is 0 Å². The monoisotopic (exact) mass is 310 g/mol. The summed E-state index contributed by atoms with van der Waals surface area (Å²) < 4.78 is 2.09. The molecule has 0 unspecified atom stereocenters. The van der Waals surface area contributed by atoms with Crippen molar-refractivity contribution in [1.82, 2.24) is 14.8 Å². The van der Waals surface area contributed by atoms with Crippen LogP contribution in [0.2, 0.25) is 5.02 Å². The van der Waals surface area contributed by atoms with Crippen LogP contribution in [0.1, 0.15) is 30.3 Å². The molecule has 1 heterocycles. The Bertz CT molecular complexity index is 583. The average molecular weight is 311 g/mol. The lowest BCUT2D eigenvalue weighted by molar-refractivity contribution is 0.592. The lowest BCUT2D eigenvalue weighted by Gasteiger charge is -2.08. The molecule has 4 nitrogen and oxygen atoms in total. The van der Waals surface area contributed by atoms with Gasteiger partial charge in [0.2, 0.25) is 0 Å². The van der Waals surface area contributed by atoms with Crippen LogP contribution in [-0.4, -0.2) is 14.8 Å². The fourth-order valence-electron chi connectivity index (χ4n) is 1.94. The Labute approximate surface area is 128 Å². The van der Waals surface area contributed by atoms with Gasteiger partial charge in [0.05, 0.1) is 6.54 Å². The third-order valence-corrected chi connectivity index (χ3v) is 4.36. The molecule has 0 atom stereocenters. The molecule has 0 fully saturated rings. The fraction of sp³-hybridized carbons (Fsp3) is 0.429. The van der Waals surface area contributed by atoms with Gasteiger partial charge in [0.25, 0.3) is 0 Å². The molecule has 1 aromatic heterocycles. The van der Waals surface area contributed by atoms with Crippen molar-refractivity contribution in [2.24, 2.45) is 5.73 Å². The summed E-state index contributed by atoms with van der Waals surface area (Å²) in [7, 11) is 0. The topological polar surface area (TPSA) is 56.7 Å². The van der Waals surface area contributed by atoms with Gasteiger partial charge in [-0.1, -0.05) is 42.4 Å². The van der Waals surface area contributed by atoms with Crippen molar-refractivity contribution in [1.29, 1.82) is 0 Å². The van der Waals surface area contributed by atoms with E-state index >= 15 is 0 Å². The van der Waals surface area contributed by atoms with Crippen LogP contribution < -0.4 is 5.73 Å². The summed E-state index contributed by atoms with van der Waals surface area (Å²) in [5.74, 6) is 1.62. The Morgan fingerprint density at radius 2 is 2.15 bits per heavy atom. The van der Waals surface area contributed by atoms with Crippen molar-refractivity contribution in [3.63, 3.8) is 0 Å². The minimum absolute atomic E-state index is 0.416. The molecule has 0 saturated heterocycles. The van der Waals surface area contributed by atoms with Crippen LogP contribution in [-0.2, 0) is 18.8 Å². The number of hydrogen-bond acceptors (Lipinski definition) is 4. The van der Waals surface area contributed by atoms with Gasteiger partial charge in [-0.05, 0) is 30.5 Å². The van der Waals surface area contributed by atoms with Gasteiger partial charge in [-0.15, -0.1) is 10.2 Å². The second-order valence-corrected chi connectivity index (χ2v) is 5.99. The normalized spacial score (nSPS) is 11.0. The van der Waals surface area contributed by atoms with Crippen LogP contribution >= 0.6 is 23.4 Å². The molecule has 0 spiro atoms. The summed E-state index contributed by atoms with van der Waals surface area (Å²) in [5.41, 5.74) is 7.97. The van der Waals surface area contributed by atoms with E-state index in [1.807, 2.05) is 13.0 Å². The van der Waals surface area contributed by atoms with E-state index in [2.05, 4.69) is 33.8 Å². The van der Waals surface area contributed by atoms with Crippen LogP contribution in [0, 0.1) is 6.92 Å². The maximum absolute atomic E-state index is 6.25. The maximum atomic E-state index is 6.25. The van der Waals surface area contributed by atoms with Crippen molar-refractivity contribution in [3.8, 4) is 0 Å². The minimum Gasteiger partial charge on any atom is -0.324 e. The Hall–Kier alpha value is -1.04. The molecule has 2 rings (SSSR count). The van der Waals surface area contributed by atoms with E-state index in [9.17, 15) is 0 Å². The first-order valence-corrected chi connectivity index (χ1v) is 8.02. The molecule has 2 aromatic rings. The Kier molecular flexibility index (Phi) is 5.46. The summed E-state index contributed by atoms with van der Waals surface area (Å²) in [6, 6.07) is 6.12. The molecule has 0 aliphatic heterocycles. The van der Waals surface area contributed by atoms with Crippen molar-refractivity contribution >= 4 is 23.4 Å². The number of benzene rings is 1. The number of hydrogen-bond donors (Lipinski definition) is 1. The standard InChI is InChI=1S/C14H19ClN4S/c1-3-6-19-13(8-16)17-18-14(19)20-9-11-5-4-10(2)7-12(11)15/h4-5,7H,3,6,8-9,16H2,1-2H3. The Morgan fingerprint density at radius 3 is 2.80 bits per heavy atom. The second kappa shape index (κ2) is 7.11. The molecule has 0 aliphatic rings. The van der Waals surface area contributed by atoms with Gasteiger partial charge in [0, 0.05) is 17.3 Å². The first-order valence-electron chi connectivity index (χ1n) is 6.65. The number of nitrogens with zero attached hydrogens (tertiary/aromatic N) is 3. The Morgan fingerprint density at radius 1 is 1.35 bits per heavy atom. The summed E-state index contributed by atoms with van der Waals surface area (Å²) in [6.07, 6.45) is 1.03. The largest absolute Gasteiger partial charge is 0.324 e. The third kappa shape index (κ3) is 3.53. The highest BCUT2D eigenvalue weighted by molar-refractivity contribution is 7.98. The number of aromatic nitrogens is 3. The second-order valence-electron chi connectivity index (χ2n) is 4.64. The molecule has 2 N–H and O–H groups in total. The van der Waals surface area contributed by atoms with Gasteiger partial charge in [-0.2, -0.15) is 0 Å². The molecule has 20 heavy (non-hydrogen) atoms. The zero-order valence-corrected chi connectivity index (χ0v) is 13.3. The maximum Gasteiger partial charge on any atom is 0.191 e. The van der Waals surface area contributed by atoms with Crippen LogP contribution in [0.25, 0.3) is 0 Å². The third-order valence-electron chi connectivity index (χ3n) is 2.99. The highest BCUT2D eigenvalue weighted by Gasteiger charge is 2.11. The SMILES string of the molecule is CCCn1c(CN)nnc1SCc1ccc(C)cc1Cl. The highest BCUT2D eigenvalue weighted by atomic mass is 35.5. The lowest BCUT2D eigenvalue weighted by atomic mass is 10.2. The molecule has 0 bridgehead atoms. The molecule has 0 aliphatic carbocycles. The quantitative estimate of drug-likeness (QED) is 0.831. The van der Waals surface area contributed by atoms with Gasteiger partial charge in [-0.25, -0.2) is 0 Å². The van der Waals surface area contributed by atoms with Crippen LogP contribution in [0.15, 0.2) is 23.4 Å². The summed E-state index contributed by atoms with van der Waals surface area (Å²) in [4.78, 5) is 0. The van der Waals surface area contributed by atoms with Crippen LogP contribution in [0.4, 0.5) is 0 Å². The van der Waals surface area contributed by atoms with E-state index in [0.717, 1.165) is 40.3 Å². The van der Waals surface area contributed by atoms with Crippen molar-refractivity contribution in [2.75, 3.05) is 0 Å². The summed E-state index contributed by atoms with van der Waals surface area (Å²) >= 11 is 7.90. The number of thioether (sulfide) groups is 1. The summed E-state index contributed by atoms with van der Waals surface area (Å²) in [6.45, 7) is 5.47. The van der Waals surface area contributed by atoms with E-state index in [1.165, 1.54) is 5.56 Å². The van der Waals surface area contributed by atoms with E-state index in [1.54, 1.807) is 11.8 Å². The van der Waals surface area contributed by atoms with Crippen LogP contribution in [0.5, 0.6) is 0 Å². The molecular weight excluding hydrogens is 292 g/mol. The van der Waals surface area contributed by atoms with E-state index in [-0.39, 0.29) is 0 Å². The number of aryl methyl sites for hydroxylation is 1. The molecule has 1 aromatic carbocycles. The first kappa shape index (κ1) is 15.4. The molecule has 0 radical (unpaired) electrons. The average Bonchev–Trinajstić information content (AvgIpc) is 2.81. The predicted octanol–water partition coefficient (Wildman–Crippen LogP) is 3.40. The summed E-state index contributed by atoms with van der Waals surface area (Å²) in [5, 5.41) is 10.1. The van der Waals surface area contributed by atoms with Gasteiger partial charge < -0.3 is 10.3 Å². The molecule has 0 amide bonds. The number of nitrogens with two attached hydrogens (primary N) is 1. The van der Waals surface area contributed by atoms with Crippen LogP contribution in [0.3, 0.4) is 0 Å². The first-order chi connectivity index (χ1) is 9.65. The highest BCUT2D eigenvalue weighted by Crippen LogP contribution is 2.27. The van der Waals surface area contributed by atoms with E-state index in [0.29, 0.717) is 6.54 Å². The molecule has 6 heteroatoms. The van der Waals surface area contributed by atoms with Gasteiger partial charge >= 0.3 is 0 Å². The Balaban J connectivity index is 2.12. The van der Waals surface area contributed by atoms with Gasteiger partial charge in [0.15, 0.2) is 5.16 Å². The van der Waals surface area contributed by atoms with E-state index < -0.39 is 0 Å². The molecule has 108 valence electrons. The van der Waals surface area contributed by atoms with Crippen molar-refractivity contribution in [3.05, 3.63) is 40.2 Å². The lowest BCUT2D eigenvalue weighted by Crippen LogP contribution is -2.09. The predicted molar refractivity (Wildman–Crippen MR) is 84.0 cm³/mol. The van der Waals surface area contributed by atoms with E-state index in [4.69, 9.17) is 17.3 Å². The zero-order chi connectivity index (χ0) is 14.5. The fourth-order valence-corrected chi connectivity index (χ4v) is 3.31. The van der Waals surface area contributed by atoms with Gasteiger partial charge in [0.1, 0.15) is 5.82 Å². The van der Waals surface area contributed by atoms with Crippen molar-refractivity contribution < 1.29 is 0 Å². The number of halogens is 1. The number of rotatable bonds is 6. The van der Waals surface area contributed by atoms with Crippen molar-refractivity contribution in [2.45, 2.75) is 44.3 Å². The zero-order valence-electron chi connectivity index (χ0n) is 11.8. The smallest absolute Gasteiger partial charge is 0.191 e. The minimum atomic E-state index is 0.416. The molecule has 0 saturated carbocycles. The molecular formula is C14H19ClN4S.